The maximum atomic E-state index is 10.2. The molecule has 1 saturated carbocycles. The normalized spacial score (nSPS) is 24.6. The van der Waals surface area contributed by atoms with Crippen molar-refractivity contribution in [3.63, 3.8) is 0 Å². The number of hydrogen-bond acceptors (Lipinski definition) is 2. The Balaban J connectivity index is 1.80. The summed E-state index contributed by atoms with van der Waals surface area (Å²) in [6.45, 7) is 6.28. The number of aryl methyl sites for hydroxylation is 1. The Morgan fingerprint density at radius 2 is 1.70 bits per heavy atom. The molecule has 2 aromatic rings. The van der Waals surface area contributed by atoms with E-state index < -0.39 is 0 Å². The fraction of sp³-hybridized carbons (Fsp3) is 0.429. The van der Waals surface area contributed by atoms with Crippen LogP contribution in [0, 0.1) is 13.8 Å². The predicted octanol–water partition coefficient (Wildman–Crippen LogP) is 5.33. The first-order valence-electron chi connectivity index (χ1n) is 8.49. The predicted molar refractivity (Wildman–Crippen MR) is 94.2 cm³/mol. The molecule has 0 spiro atoms. The lowest BCUT2D eigenvalue weighted by molar-refractivity contribution is 0.290. The summed E-state index contributed by atoms with van der Waals surface area (Å²) in [5.41, 5.74) is 4.66. The first-order valence-corrected chi connectivity index (χ1v) is 8.49. The maximum absolute atomic E-state index is 10.2. The van der Waals surface area contributed by atoms with Gasteiger partial charge in [0.25, 0.3) is 0 Å². The highest BCUT2D eigenvalue weighted by Gasteiger charge is 2.34. The van der Waals surface area contributed by atoms with Gasteiger partial charge in [-0.2, -0.15) is 0 Å². The second-order valence-electron chi connectivity index (χ2n) is 7.33. The van der Waals surface area contributed by atoms with Crippen molar-refractivity contribution in [1.29, 1.82) is 0 Å². The molecule has 0 atom stereocenters. The molecule has 2 nitrogen and oxygen atoms in total. The van der Waals surface area contributed by atoms with Gasteiger partial charge in [-0.25, -0.2) is 0 Å². The Morgan fingerprint density at radius 3 is 2.35 bits per heavy atom. The Labute approximate surface area is 138 Å². The minimum atomic E-state index is 0.135. The summed E-state index contributed by atoms with van der Waals surface area (Å²) in [5.74, 6) is 1.32. The zero-order chi connectivity index (χ0) is 16.6. The van der Waals surface area contributed by atoms with Crippen LogP contribution in [0.2, 0.25) is 0 Å². The van der Waals surface area contributed by atoms with Crippen LogP contribution >= 0.6 is 0 Å². The van der Waals surface area contributed by atoms with Crippen LogP contribution < -0.4 is 0 Å². The molecule has 2 heteroatoms. The van der Waals surface area contributed by atoms with Gasteiger partial charge in [0.1, 0.15) is 11.5 Å². The van der Waals surface area contributed by atoms with Crippen LogP contribution in [-0.4, -0.2) is 10.2 Å². The molecule has 2 aromatic carbocycles. The van der Waals surface area contributed by atoms with Crippen LogP contribution in [0.15, 0.2) is 36.4 Å². The summed E-state index contributed by atoms with van der Waals surface area (Å²) >= 11 is 0. The number of aromatic hydroxyl groups is 2. The summed E-state index contributed by atoms with van der Waals surface area (Å²) < 4.78 is 0. The van der Waals surface area contributed by atoms with Gasteiger partial charge in [0.2, 0.25) is 0 Å². The third-order valence-electron chi connectivity index (χ3n) is 5.75. The lowest BCUT2D eigenvalue weighted by atomic mass is 9.66. The minimum Gasteiger partial charge on any atom is -0.508 e. The van der Waals surface area contributed by atoms with E-state index in [0.29, 0.717) is 17.4 Å². The van der Waals surface area contributed by atoms with Crippen LogP contribution in [0.25, 0.3) is 0 Å². The summed E-state index contributed by atoms with van der Waals surface area (Å²) in [6.07, 6.45) is 4.45. The molecule has 0 aliphatic heterocycles. The molecule has 122 valence electrons. The highest BCUT2D eigenvalue weighted by Crippen LogP contribution is 2.46. The van der Waals surface area contributed by atoms with Gasteiger partial charge in [-0.05, 0) is 85.3 Å². The lowest BCUT2D eigenvalue weighted by Crippen LogP contribution is -2.28. The summed E-state index contributed by atoms with van der Waals surface area (Å²) in [7, 11) is 0. The van der Waals surface area contributed by atoms with Gasteiger partial charge in [-0.15, -0.1) is 0 Å². The average molecular weight is 310 g/mol. The summed E-state index contributed by atoms with van der Waals surface area (Å²) in [5, 5.41) is 20.0. The van der Waals surface area contributed by atoms with Crippen molar-refractivity contribution in [2.75, 3.05) is 0 Å². The standard InChI is InChI=1S/C21H26O2/c1-14-7-8-19(15(2)20(14)23)16-9-11-21(3,12-10-16)17-5-4-6-18(22)13-17/h4-8,13,16,22-23H,9-12H2,1-3H3. The molecule has 0 aromatic heterocycles. The van der Waals surface area contributed by atoms with Crippen molar-refractivity contribution >= 4 is 0 Å². The molecule has 1 aliphatic carbocycles. The zero-order valence-corrected chi connectivity index (χ0v) is 14.3. The van der Waals surface area contributed by atoms with Gasteiger partial charge >= 0.3 is 0 Å². The van der Waals surface area contributed by atoms with Gasteiger partial charge in [-0.3, -0.25) is 0 Å². The van der Waals surface area contributed by atoms with E-state index in [1.54, 1.807) is 6.07 Å². The second-order valence-corrected chi connectivity index (χ2v) is 7.33. The van der Waals surface area contributed by atoms with E-state index in [0.717, 1.165) is 36.8 Å². The van der Waals surface area contributed by atoms with Crippen LogP contribution in [0.5, 0.6) is 11.5 Å². The Kier molecular flexibility index (Phi) is 4.09. The van der Waals surface area contributed by atoms with E-state index in [4.69, 9.17) is 0 Å². The lowest BCUT2D eigenvalue weighted by Gasteiger charge is -2.38. The summed E-state index contributed by atoms with van der Waals surface area (Å²) in [6, 6.07) is 11.9. The number of rotatable bonds is 2. The van der Waals surface area contributed by atoms with Crippen LogP contribution in [-0.2, 0) is 5.41 Å². The fourth-order valence-corrected chi connectivity index (χ4v) is 4.03. The van der Waals surface area contributed by atoms with Crippen molar-refractivity contribution in [1.82, 2.24) is 0 Å². The molecule has 2 N–H and O–H groups in total. The monoisotopic (exact) mass is 310 g/mol. The molecule has 0 radical (unpaired) electrons. The molecule has 0 unspecified atom stereocenters. The molecular weight excluding hydrogens is 284 g/mol. The molecule has 0 amide bonds. The second kappa shape index (κ2) is 5.92. The van der Waals surface area contributed by atoms with Gasteiger partial charge in [0.05, 0.1) is 0 Å². The van der Waals surface area contributed by atoms with Gasteiger partial charge < -0.3 is 10.2 Å². The first-order chi connectivity index (χ1) is 10.9. The molecule has 3 rings (SSSR count). The number of phenolic OH excluding ortho intramolecular Hbond substituents is 2. The third kappa shape index (κ3) is 2.95. The van der Waals surface area contributed by atoms with Crippen LogP contribution in [0.3, 0.4) is 0 Å². The SMILES string of the molecule is Cc1ccc(C2CCC(C)(c3cccc(O)c3)CC2)c(C)c1O. The molecule has 1 aliphatic rings. The molecule has 0 saturated heterocycles. The van der Waals surface area contributed by atoms with Crippen molar-refractivity contribution in [3.05, 3.63) is 58.7 Å². The minimum absolute atomic E-state index is 0.135. The topological polar surface area (TPSA) is 40.5 Å². The quantitative estimate of drug-likeness (QED) is 0.787. The van der Waals surface area contributed by atoms with E-state index in [2.05, 4.69) is 19.1 Å². The van der Waals surface area contributed by atoms with Crippen molar-refractivity contribution < 1.29 is 10.2 Å². The number of phenols is 2. The van der Waals surface area contributed by atoms with E-state index in [9.17, 15) is 10.2 Å². The zero-order valence-electron chi connectivity index (χ0n) is 14.3. The molecular formula is C21H26O2. The Hall–Kier alpha value is -1.96. The maximum Gasteiger partial charge on any atom is 0.121 e. The average Bonchev–Trinajstić information content (AvgIpc) is 2.54. The van der Waals surface area contributed by atoms with E-state index in [1.165, 1.54) is 11.1 Å². The third-order valence-corrected chi connectivity index (χ3v) is 5.75. The molecule has 0 bridgehead atoms. The van der Waals surface area contributed by atoms with Gasteiger partial charge in [0, 0.05) is 0 Å². The smallest absolute Gasteiger partial charge is 0.121 e. The van der Waals surface area contributed by atoms with Crippen LogP contribution in [0.4, 0.5) is 0 Å². The highest BCUT2D eigenvalue weighted by atomic mass is 16.3. The first kappa shape index (κ1) is 15.9. The highest BCUT2D eigenvalue weighted by molar-refractivity contribution is 5.46. The number of hydrogen-bond donors (Lipinski definition) is 2. The van der Waals surface area contributed by atoms with Crippen molar-refractivity contribution in [2.24, 2.45) is 0 Å². The Morgan fingerprint density at radius 1 is 1.00 bits per heavy atom. The van der Waals surface area contributed by atoms with Crippen molar-refractivity contribution in [3.8, 4) is 11.5 Å². The van der Waals surface area contributed by atoms with E-state index in [1.807, 2.05) is 32.0 Å². The molecule has 1 fully saturated rings. The summed E-state index contributed by atoms with van der Waals surface area (Å²) in [4.78, 5) is 0. The van der Waals surface area contributed by atoms with Crippen LogP contribution in [0.1, 0.15) is 60.8 Å². The molecule has 23 heavy (non-hydrogen) atoms. The Bertz CT molecular complexity index is 710. The molecule has 0 heterocycles. The van der Waals surface area contributed by atoms with Crippen molar-refractivity contribution in [2.45, 2.75) is 57.8 Å². The van der Waals surface area contributed by atoms with Gasteiger partial charge in [0.15, 0.2) is 0 Å². The van der Waals surface area contributed by atoms with E-state index in [-0.39, 0.29) is 5.41 Å². The fourth-order valence-electron chi connectivity index (χ4n) is 4.03. The number of benzene rings is 2. The largest absolute Gasteiger partial charge is 0.508 e. The van der Waals surface area contributed by atoms with E-state index >= 15 is 0 Å². The van der Waals surface area contributed by atoms with Gasteiger partial charge in [-0.1, -0.05) is 31.2 Å².